The lowest BCUT2D eigenvalue weighted by Crippen LogP contribution is -2.56. The van der Waals surface area contributed by atoms with Gasteiger partial charge < -0.3 is 15.0 Å². The number of hydrogen-bond donors (Lipinski definition) is 1. The summed E-state index contributed by atoms with van der Waals surface area (Å²) in [5.41, 5.74) is 1.20. The van der Waals surface area contributed by atoms with Crippen LogP contribution in [0, 0.1) is 5.82 Å². The Balaban J connectivity index is 1.67. The van der Waals surface area contributed by atoms with Crippen molar-refractivity contribution in [1.29, 1.82) is 0 Å². The number of hydrogen-bond acceptors (Lipinski definition) is 6. The highest BCUT2D eigenvalue weighted by atomic mass is 32.1. The van der Waals surface area contributed by atoms with Crippen molar-refractivity contribution >= 4 is 29.2 Å². The molecule has 1 aromatic carbocycles. The predicted octanol–water partition coefficient (Wildman–Crippen LogP) is 3.80. The molecule has 37 heavy (non-hydrogen) atoms. The first-order chi connectivity index (χ1) is 17.8. The van der Waals surface area contributed by atoms with E-state index in [2.05, 4.69) is 16.8 Å². The molecule has 2 aliphatic rings. The van der Waals surface area contributed by atoms with E-state index in [9.17, 15) is 18.8 Å². The molecule has 0 spiro atoms. The Labute approximate surface area is 220 Å². The van der Waals surface area contributed by atoms with Gasteiger partial charge in [-0.3, -0.25) is 14.6 Å². The number of ether oxygens (including phenoxy) is 1. The Bertz CT molecular complexity index is 1200. The van der Waals surface area contributed by atoms with Gasteiger partial charge in [-0.2, -0.15) is 0 Å². The van der Waals surface area contributed by atoms with Gasteiger partial charge in [0.05, 0.1) is 23.1 Å². The Kier molecular flexibility index (Phi) is 8.40. The van der Waals surface area contributed by atoms with Crippen LogP contribution in [0.3, 0.4) is 0 Å². The summed E-state index contributed by atoms with van der Waals surface area (Å²) in [6.45, 7) is 9.73. The van der Waals surface area contributed by atoms with Crippen LogP contribution in [0.25, 0.3) is 0 Å². The van der Waals surface area contributed by atoms with Crippen LogP contribution in [0.4, 0.5) is 9.18 Å². The van der Waals surface area contributed by atoms with E-state index in [1.165, 1.54) is 28.4 Å². The fourth-order valence-corrected chi connectivity index (χ4v) is 5.49. The lowest BCUT2D eigenvalue weighted by molar-refractivity contribution is -0.139. The highest BCUT2D eigenvalue weighted by Crippen LogP contribution is 2.33. The third-order valence-corrected chi connectivity index (χ3v) is 7.36. The van der Waals surface area contributed by atoms with Gasteiger partial charge in [-0.05, 0) is 43.0 Å². The molecule has 2 atom stereocenters. The van der Waals surface area contributed by atoms with Gasteiger partial charge in [0.25, 0.3) is 5.91 Å². The molecule has 0 bridgehead atoms. The van der Waals surface area contributed by atoms with E-state index >= 15 is 0 Å². The number of carbonyl (C=O) groups excluding carboxylic acids is 3. The van der Waals surface area contributed by atoms with Gasteiger partial charge >= 0.3 is 12.0 Å². The number of amides is 3. The number of carbonyl (C=O) groups is 3. The van der Waals surface area contributed by atoms with Crippen LogP contribution in [-0.4, -0.2) is 78.0 Å². The average molecular weight is 527 g/mol. The zero-order valence-electron chi connectivity index (χ0n) is 21.0. The normalized spacial score (nSPS) is 20.6. The highest BCUT2D eigenvalue weighted by molar-refractivity contribution is 7.12. The van der Waals surface area contributed by atoms with E-state index in [0.717, 1.165) is 0 Å². The van der Waals surface area contributed by atoms with Gasteiger partial charge in [0.2, 0.25) is 0 Å². The van der Waals surface area contributed by atoms with Crippen LogP contribution in [0.2, 0.25) is 0 Å². The molecule has 3 amide bonds. The number of benzene rings is 1. The third kappa shape index (κ3) is 5.75. The number of piperazine rings is 1. The van der Waals surface area contributed by atoms with E-state index in [1.54, 1.807) is 25.1 Å². The molecule has 0 unspecified atom stereocenters. The summed E-state index contributed by atoms with van der Waals surface area (Å²) < 4.78 is 19.5. The van der Waals surface area contributed by atoms with E-state index in [4.69, 9.17) is 4.74 Å². The average Bonchev–Trinajstić information content (AvgIpc) is 3.41. The number of nitrogens with one attached hydrogen (secondary N) is 1. The SMILES string of the molecule is C=CCN1C(=O)N[C@H](c2cccc(F)c2)C(C(=O)OCC)=C1CN1CCN(C(=O)c2cccs2)[C@@H](C)C1. The molecule has 2 aromatic rings. The largest absolute Gasteiger partial charge is 0.463 e. The van der Waals surface area contributed by atoms with Crippen molar-refractivity contribution in [3.8, 4) is 0 Å². The summed E-state index contributed by atoms with van der Waals surface area (Å²) >= 11 is 1.42. The Morgan fingerprint density at radius 3 is 2.73 bits per heavy atom. The Morgan fingerprint density at radius 2 is 2.08 bits per heavy atom. The highest BCUT2D eigenvalue weighted by Gasteiger charge is 2.39. The molecule has 4 rings (SSSR count). The van der Waals surface area contributed by atoms with E-state index in [0.29, 0.717) is 35.8 Å². The minimum atomic E-state index is -0.863. The molecular formula is C27H31FN4O4S. The summed E-state index contributed by atoms with van der Waals surface area (Å²) in [7, 11) is 0. The maximum atomic E-state index is 14.1. The van der Waals surface area contributed by atoms with Crippen LogP contribution in [0.1, 0.15) is 35.1 Å². The van der Waals surface area contributed by atoms with Gasteiger partial charge in [-0.15, -0.1) is 17.9 Å². The molecule has 1 saturated heterocycles. The molecule has 1 N–H and O–H groups in total. The molecule has 196 valence electrons. The minimum Gasteiger partial charge on any atom is -0.463 e. The smallest absolute Gasteiger partial charge is 0.338 e. The molecular weight excluding hydrogens is 495 g/mol. The molecule has 3 heterocycles. The van der Waals surface area contributed by atoms with Crippen LogP contribution >= 0.6 is 11.3 Å². The first-order valence-corrected chi connectivity index (χ1v) is 13.1. The van der Waals surface area contributed by atoms with E-state index in [-0.39, 0.29) is 37.2 Å². The lowest BCUT2D eigenvalue weighted by atomic mass is 9.94. The number of thiophene rings is 1. The quantitative estimate of drug-likeness (QED) is 0.418. The van der Waals surface area contributed by atoms with Crippen molar-refractivity contribution in [1.82, 2.24) is 20.0 Å². The monoisotopic (exact) mass is 526 g/mol. The number of esters is 1. The lowest BCUT2D eigenvalue weighted by Gasteiger charge is -2.42. The third-order valence-electron chi connectivity index (χ3n) is 6.51. The van der Waals surface area contributed by atoms with Crippen molar-refractivity contribution in [3.05, 3.63) is 82.0 Å². The molecule has 0 radical (unpaired) electrons. The molecule has 8 nitrogen and oxygen atoms in total. The Hall–Kier alpha value is -3.50. The second kappa shape index (κ2) is 11.7. The number of halogens is 1. The van der Waals surface area contributed by atoms with Gasteiger partial charge in [-0.25, -0.2) is 14.0 Å². The molecule has 0 aliphatic carbocycles. The summed E-state index contributed by atoms with van der Waals surface area (Å²) in [5.74, 6) is -1.03. The maximum absolute atomic E-state index is 14.1. The zero-order chi connectivity index (χ0) is 26.5. The second-order valence-corrected chi connectivity index (χ2v) is 9.93. The standard InChI is InChI=1S/C27H31FN4O4S/c1-4-11-32-21(17-30-12-13-31(18(3)16-30)25(33)22-10-7-14-37-22)23(26(34)36-5-2)24(29-27(32)35)19-8-6-9-20(28)15-19/h4,6-10,14-15,18,24H,1,5,11-13,16-17H2,2-3H3,(H,29,35)/t18-,24+/m0/s1. The van der Waals surface area contributed by atoms with Crippen LogP contribution in [-0.2, 0) is 9.53 Å². The zero-order valence-corrected chi connectivity index (χ0v) is 21.8. The topological polar surface area (TPSA) is 82.2 Å². The Morgan fingerprint density at radius 1 is 1.27 bits per heavy atom. The number of nitrogens with zero attached hydrogens (tertiary/aromatic N) is 3. The minimum absolute atomic E-state index is 0.00470. The molecule has 1 fully saturated rings. The van der Waals surface area contributed by atoms with Crippen LogP contribution in [0.15, 0.2) is 65.7 Å². The molecule has 1 aromatic heterocycles. The fraction of sp³-hybridized carbons (Fsp3) is 0.370. The first-order valence-electron chi connectivity index (χ1n) is 12.2. The van der Waals surface area contributed by atoms with Gasteiger partial charge in [0.15, 0.2) is 0 Å². The van der Waals surface area contributed by atoms with Crippen molar-refractivity contribution < 1.29 is 23.5 Å². The predicted molar refractivity (Wildman–Crippen MR) is 139 cm³/mol. The molecule has 10 heteroatoms. The van der Waals surface area contributed by atoms with E-state index in [1.807, 2.05) is 29.3 Å². The van der Waals surface area contributed by atoms with Gasteiger partial charge in [0, 0.05) is 44.5 Å². The van der Waals surface area contributed by atoms with Crippen molar-refractivity contribution in [2.24, 2.45) is 0 Å². The van der Waals surface area contributed by atoms with Crippen LogP contribution < -0.4 is 5.32 Å². The van der Waals surface area contributed by atoms with Gasteiger partial charge in [0.1, 0.15) is 5.82 Å². The fourth-order valence-electron chi connectivity index (χ4n) is 4.81. The number of rotatable bonds is 8. The number of urea groups is 1. The summed E-state index contributed by atoms with van der Waals surface area (Å²) in [6, 6.07) is 8.18. The van der Waals surface area contributed by atoms with Crippen molar-refractivity contribution in [2.75, 3.05) is 39.3 Å². The maximum Gasteiger partial charge on any atom is 0.338 e. The first kappa shape index (κ1) is 26.6. The van der Waals surface area contributed by atoms with E-state index < -0.39 is 23.9 Å². The molecule has 2 aliphatic heterocycles. The van der Waals surface area contributed by atoms with Crippen LogP contribution in [0.5, 0.6) is 0 Å². The van der Waals surface area contributed by atoms with Crippen molar-refractivity contribution in [3.63, 3.8) is 0 Å². The van der Waals surface area contributed by atoms with Gasteiger partial charge in [-0.1, -0.05) is 24.3 Å². The second-order valence-electron chi connectivity index (χ2n) is 8.98. The summed E-state index contributed by atoms with van der Waals surface area (Å²) in [5, 5.41) is 4.73. The molecule has 0 saturated carbocycles. The summed E-state index contributed by atoms with van der Waals surface area (Å²) in [4.78, 5) is 45.5. The van der Waals surface area contributed by atoms with Crippen molar-refractivity contribution in [2.45, 2.75) is 25.9 Å². The summed E-state index contributed by atoms with van der Waals surface area (Å²) in [6.07, 6.45) is 1.59.